The van der Waals surface area contributed by atoms with Crippen molar-refractivity contribution in [3.05, 3.63) is 53.5 Å². The van der Waals surface area contributed by atoms with Crippen LogP contribution in [0.4, 0.5) is 22.0 Å². The number of benzene rings is 1. The van der Waals surface area contributed by atoms with E-state index < -0.39 is 47.2 Å². The average molecular weight is 541 g/mol. The largest absolute Gasteiger partial charge is 0.486 e. The van der Waals surface area contributed by atoms with E-state index in [1.807, 2.05) is 4.90 Å². The zero-order valence-corrected chi connectivity index (χ0v) is 19.9. The molecule has 0 spiro atoms. The molecule has 13 heteroatoms. The molecule has 2 N–H and O–H groups in total. The number of nitrogens with one attached hydrogen (secondary N) is 1. The highest BCUT2D eigenvalue weighted by Gasteiger charge is 2.46. The number of ether oxygens (including phenoxy) is 2. The van der Waals surface area contributed by atoms with Gasteiger partial charge < -0.3 is 29.2 Å². The fraction of sp³-hybridized carbons (Fsp3) is 0.440. The molecule has 0 unspecified atom stereocenters. The predicted octanol–water partition coefficient (Wildman–Crippen LogP) is 4.02. The Labute approximate surface area is 213 Å². The molecular formula is C25H24F5N3O5. The molecule has 3 aromatic rings. The Balaban J connectivity index is 1.39. The van der Waals surface area contributed by atoms with Crippen LogP contribution in [0.2, 0.25) is 0 Å². The number of carbonyl (C=O) groups is 1. The highest BCUT2D eigenvalue weighted by atomic mass is 19.4. The van der Waals surface area contributed by atoms with E-state index in [1.165, 1.54) is 6.07 Å². The first-order chi connectivity index (χ1) is 18.0. The maximum Gasteiger partial charge on any atom is 0.433 e. The molecule has 204 valence electrons. The van der Waals surface area contributed by atoms with Gasteiger partial charge in [0.05, 0.1) is 6.04 Å². The van der Waals surface area contributed by atoms with Gasteiger partial charge in [0, 0.05) is 24.2 Å². The van der Waals surface area contributed by atoms with Crippen LogP contribution in [0.15, 0.2) is 40.9 Å². The lowest BCUT2D eigenvalue weighted by Gasteiger charge is -2.30. The fourth-order valence-electron chi connectivity index (χ4n) is 4.56. The zero-order valence-electron chi connectivity index (χ0n) is 19.9. The van der Waals surface area contributed by atoms with Gasteiger partial charge in [-0.2, -0.15) is 22.0 Å². The Hall–Kier alpha value is -3.45. The molecule has 2 aromatic heterocycles. The van der Waals surface area contributed by atoms with Gasteiger partial charge in [0.1, 0.15) is 30.6 Å². The molecule has 0 aliphatic carbocycles. The number of carbonyl (C=O) groups excluding carboxylic acids is 1. The number of aliphatic hydroxyl groups excluding tert-OH is 1. The van der Waals surface area contributed by atoms with Gasteiger partial charge in [-0.1, -0.05) is 6.07 Å². The first-order valence-electron chi connectivity index (χ1n) is 12.0. The van der Waals surface area contributed by atoms with Gasteiger partial charge in [-0.15, -0.1) is 0 Å². The minimum absolute atomic E-state index is 0.0937. The quantitative estimate of drug-likeness (QED) is 0.436. The van der Waals surface area contributed by atoms with E-state index in [0.29, 0.717) is 49.4 Å². The Morgan fingerprint density at radius 3 is 2.47 bits per heavy atom. The summed E-state index contributed by atoms with van der Waals surface area (Å²) in [6.45, 7) is 2.12. The third kappa shape index (κ3) is 5.25. The SMILES string of the molecule is O=C(N[C@H](CN1CCCC1)[C@H](O)c1ccc2c(c1)OCCO2)C(F)(F)c1cc2cnc(C(F)(F)F)cc2o1. The van der Waals surface area contributed by atoms with Crippen LogP contribution < -0.4 is 14.8 Å². The normalized spacial score (nSPS) is 17.9. The molecule has 1 saturated heterocycles. The summed E-state index contributed by atoms with van der Waals surface area (Å²) in [7, 11) is 0. The molecule has 8 nitrogen and oxygen atoms in total. The van der Waals surface area contributed by atoms with Crippen molar-refractivity contribution < 1.29 is 45.7 Å². The number of halogens is 5. The van der Waals surface area contributed by atoms with Crippen molar-refractivity contribution in [3.8, 4) is 11.5 Å². The number of fused-ring (bicyclic) bond motifs is 2. The van der Waals surface area contributed by atoms with Crippen molar-refractivity contribution in [2.24, 2.45) is 0 Å². The summed E-state index contributed by atoms with van der Waals surface area (Å²) in [6, 6.07) is 4.81. The van der Waals surface area contributed by atoms with Crippen LogP contribution in [0.1, 0.15) is 36.0 Å². The maximum atomic E-state index is 15.2. The third-order valence-electron chi connectivity index (χ3n) is 6.55. The molecule has 38 heavy (non-hydrogen) atoms. The Bertz CT molecular complexity index is 1320. The molecule has 0 saturated carbocycles. The number of nitrogens with zero attached hydrogens (tertiary/aromatic N) is 2. The fourth-order valence-corrected chi connectivity index (χ4v) is 4.56. The van der Waals surface area contributed by atoms with E-state index in [2.05, 4.69) is 10.3 Å². The number of furan rings is 1. The second kappa shape index (κ2) is 10.0. The van der Waals surface area contributed by atoms with E-state index in [4.69, 9.17) is 13.9 Å². The number of hydrogen-bond acceptors (Lipinski definition) is 7. The van der Waals surface area contributed by atoms with Crippen LogP contribution in [-0.2, 0) is 16.9 Å². The molecule has 4 heterocycles. The van der Waals surface area contributed by atoms with Crippen molar-refractivity contribution in [2.45, 2.75) is 37.1 Å². The summed E-state index contributed by atoms with van der Waals surface area (Å²) in [4.78, 5) is 18.0. The Kier molecular flexibility index (Phi) is 6.90. The van der Waals surface area contributed by atoms with Crippen LogP contribution in [0.5, 0.6) is 11.5 Å². The number of hydrogen-bond donors (Lipinski definition) is 2. The molecular weight excluding hydrogens is 517 g/mol. The number of amides is 1. The molecule has 0 bridgehead atoms. The Morgan fingerprint density at radius 1 is 1.05 bits per heavy atom. The Morgan fingerprint density at radius 2 is 1.76 bits per heavy atom. The van der Waals surface area contributed by atoms with Crippen molar-refractivity contribution in [1.29, 1.82) is 0 Å². The zero-order chi connectivity index (χ0) is 27.1. The number of alkyl halides is 5. The highest BCUT2D eigenvalue weighted by Crippen LogP contribution is 2.37. The molecule has 2 aliphatic heterocycles. The lowest BCUT2D eigenvalue weighted by molar-refractivity contribution is -0.151. The standard InChI is InChI=1S/C25H24F5N3O5/c26-24(27,21-10-15-12-31-20(25(28,29)30)11-18(15)38-21)23(35)32-16(13-33-5-1-2-6-33)22(34)14-3-4-17-19(9-14)37-8-7-36-17/h3-4,9-12,16,22,34H,1-2,5-8,13H2,(H,32,35)/t16-,22-/m1/s1. The topological polar surface area (TPSA) is 97.1 Å². The first-order valence-corrected chi connectivity index (χ1v) is 12.0. The van der Waals surface area contributed by atoms with Crippen LogP contribution in [0, 0.1) is 0 Å². The van der Waals surface area contributed by atoms with Gasteiger partial charge in [0.2, 0.25) is 0 Å². The van der Waals surface area contributed by atoms with E-state index in [-0.39, 0.29) is 11.9 Å². The average Bonchev–Trinajstić information content (AvgIpc) is 3.56. The number of aliphatic hydroxyl groups is 1. The number of rotatable bonds is 7. The van der Waals surface area contributed by atoms with Gasteiger partial charge in [0.25, 0.3) is 5.91 Å². The minimum atomic E-state index is -4.80. The summed E-state index contributed by atoms with van der Waals surface area (Å²) < 4.78 is 85.2. The molecule has 1 aromatic carbocycles. The smallest absolute Gasteiger partial charge is 0.433 e. The minimum Gasteiger partial charge on any atom is -0.486 e. The van der Waals surface area contributed by atoms with Gasteiger partial charge in [0.15, 0.2) is 17.3 Å². The predicted molar refractivity (Wildman–Crippen MR) is 123 cm³/mol. The second-order valence-electron chi connectivity index (χ2n) is 9.23. The molecule has 0 radical (unpaired) electrons. The molecule has 1 fully saturated rings. The lowest BCUT2D eigenvalue weighted by Crippen LogP contribution is -2.50. The first kappa shape index (κ1) is 26.2. The molecule has 2 atom stereocenters. The van der Waals surface area contributed by atoms with E-state index >= 15 is 8.78 Å². The van der Waals surface area contributed by atoms with E-state index in [0.717, 1.165) is 25.1 Å². The van der Waals surface area contributed by atoms with E-state index in [9.17, 15) is 23.1 Å². The summed E-state index contributed by atoms with van der Waals surface area (Å²) in [5, 5.41) is 13.2. The summed E-state index contributed by atoms with van der Waals surface area (Å²) in [5.74, 6) is -6.28. The van der Waals surface area contributed by atoms with Crippen molar-refractivity contribution >= 4 is 16.9 Å². The van der Waals surface area contributed by atoms with Crippen molar-refractivity contribution in [3.63, 3.8) is 0 Å². The molecule has 1 amide bonds. The van der Waals surface area contributed by atoms with Gasteiger partial charge in [-0.05, 0) is 49.7 Å². The van der Waals surface area contributed by atoms with Gasteiger partial charge in [-0.25, -0.2) is 0 Å². The van der Waals surface area contributed by atoms with Crippen molar-refractivity contribution in [2.75, 3.05) is 32.8 Å². The lowest BCUT2D eigenvalue weighted by atomic mass is 10.0. The summed E-state index contributed by atoms with van der Waals surface area (Å²) in [5.41, 5.74) is -1.47. The van der Waals surface area contributed by atoms with Crippen molar-refractivity contribution in [1.82, 2.24) is 15.2 Å². The highest BCUT2D eigenvalue weighted by molar-refractivity contribution is 5.86. The van der Waals surface area contributed by atoms with Crippen LogP contribution in [0.3, 0.4) is 0 Å². The monoisotopic (exact) mass is 541 g/mol. The third-order valence-corrected chi connectivity index (χ3v) is 6.55. The van der Waals surface area contributed by atoms with Crippen LogP contribution in [-0.4, -0.2) is 59.8 Å². The summed E-state index contributed by atoms with van der Waals surface area (Å²) in [6.07, 6.45) is -3.64. The van der Waals surface area contributed by atoms with Gasteiger partial charge in [-0.3, -0.25) is 9.78 Å². The van der Waals surface area contributed by atoms with Crippen LogP contribution in [0.25, 0.3) is 11.0 Å². The summed E-state index contributed by atoms with van der Waals surface area (Å²) >= 11 is 0. The van der Waals surface area contributed by atoms with Crippen LogP contribution >= 0.6 is 0 Å². The maximum absolute atomic E-state index is 15.2. The number of aromatic nitrogens is 1. The number of likely N-dealkylation sites (tertiary alicyclic amines) is 1. The number of pyridine rings is 1. The van der Waals surface area contributed by atoms with E-state index in [1.54, 1.807) is 12.1 Å². The molecule has 2 aliphatic rings. The molecule has 5 rings (SSSR count). The second-order valence-corrected chi connectivity index (χ2v) is 9.23. The van der Waals surface area contributed by atoms with Gasteiger partial charge >= 0.3 is 12.1 Å².